The molecule has 1 amide bonds. The summed E-state index contributed by atoms with van der Waals surface area (Å²) in [4.78, 5) is 23.6. The van der Waals surface area contributed by atoms with E-state index in [0.717, 1.165) is 5.56 Å². The molecule has 1 atom stereocenters. The lowest BCUT2D eigenvalue weighted by Crippen LogP contribution is -2.30. The van der Waals surface area contributed by atoms with E-state index in [9.17, 15) is 9.59 Å². The molecule has 0 aliphatic heterocycles. The second-order valence-electron chi connectivity index (χ2n) is 5.24. The van der Waals surface area contributed by atoms with Crippen LogP contribution in [0.4, 0.5) is 5.69 Å². The van der Waals surface area contributed by atoms with Gasteiger partial charge < -0.3 is 15.4 Å². The summed E-state index contributed by atoms with van der Waals surface area (Å²) in [6, 6.07) is 14.0. The molecule has 5 nitrogen and oxygen atoms in total. The number of anilines is 1. The molecule has 0 radical (unpaired) electrons. The fourth-order valence-electron chi connectivity index (χ4n) is 2.23. The molecule has 0 aliphatic rings. The van der Waals surface area contributed by atoms with Crippen molar-refractivity contribution in [3.8, 4) is 0 Å². The molecular weight excluding hydrogens is 328 g/mol. The van der Waals surface area contributed by atoms with Crippen molar-refractivity contribution in [1.82, 2.24) is 5.32 Å². The Balaban J connectivity index is 1.92. The van der Waals surface area contributed by atoms with Crippen molar-refractivity contribution in [2.45, 2.75) is 13.0 Å². The van der Waals surface area contributed by atoms with Crippen molar-refractivity contribution in [3.63, 3.8) is 0 Å². The number of ether oxygens (including phenoxy) is 1. The van der Waals surface area contributed by atoms with Gasteiger partial charge in [0.2, 0.25) is 5.91 Å². The van der Waals surface area contributed by atoms with Gasteiger partial charge in [-0.15, -0.1) is 0 Å². The number of benzene rings is 2. The second kappa shape index (κ2) is 8.47. The quantitative estimate of drug-likeness (QED) is 0.786. The molecule has 0 aromatic heterocycles. The highest BCUT2D eigenvalue weighted by Crippen LogP contribution is 2.21. The molecule has 6 heteroatoms. The molecule has 1 unspecified atom stereocenters. The number of halogens is 1. The van der Waals surface area contributed by atoms with Crippen molar-refractivity contribution >= 4 is 29.2 Å². The highest BCUT2D eigenvalue weighted by molar-refractivity contribution is 6.31. The van der Waals surface area contributed by atoms with Gasteiger partial charge in [0.1, 0.15) is 0 Å². The van der Waals surface area contributed by atoms with Gasteiger partial charge in [0.05, 0.1) is 19.2 Å². The first-order valence-corrected chi connectivity index (χ1v) is 7.85. The molecule has 0 spiro atoms. The SMILES string of the molecule is COC(=O)c1cccc(NC(=O)CNC(C)c2ccccc2Cl)c1. The van der Waals surface area contributed by atoms with E-state index in [-0.39, 0.29) is 18.5 Å². The van der Waals surface area contributed by atoms with E-state index < -0.39 is 5.97 Å². The Morgan fingerprint density at radius 3 is 2.62 bits per heavy atom. The normalized spacial score (nSPS) is 11.6. The minimum Gasteiger partial charge on any atom is -0.465 e. The molecule has 2 aromatic carbocycles. The summed E-state index contributed by atoms with van der Waals surface area (Å²) in [6.45, 7) is 2.06. The van der Waals surface area contributed by atoms with E-state index in [0.29, 0.717) is 16.3 Å². The van der Waals surface area contributed by atoms with Crippen molar-refractivity contribution in [2.24, 2.45) is 0 Å². The van der Waals surface area contributed by atoms with Crippen LogP contribution in [-0.4, -0.2) is 25.5 Å². The Hall–Kier alpha value is -2.37. The number of methoxy groups -OCH3 is 1. The van der Waals surface area contributed by atoms with Gasteiger partial charge in [-0.1, -0.05) is 35.9 Å². The van der Waals surface area contributed by atoms with Crippen LogP contribution in [0, 0.1) is 0 Å². The summed E-state index contributed by atoms with van der Waals surface area (Å²) in [6.07, 6.45) is 0. The predicted octanol–water partition coefficient (Wildman–Crippen LogP) is 3.42. The van der Waals surface area contributed by atoms with Gasteiger partial charge in [0.25, 0.3) is 0 Å². The van der Waals surface area contributed by atoms with Crippen molar-refractivity contribution < 1.29 is 14.3 Å². The highest BCUT2D eigenvalue weighted by atomic mass is 35.5. The minimum atomic E-state index is -0.448. The predicted molar refractivity (Wildman–Crippen MR) is 94.3 cm³/mol. The maximum Gasteiger partial charge on any atom is 0.337 e. The van der Waals surface area contributed by atoms with E-state index in [2.05, 4.69) is 15.4 Å². The maximum atomic E-state index is 12.1. The van der Waals surface area contributed by atoms with Crippen LogP contribution in [0.3, 0.4) is 0 Å². The van der Waals surface area contributed by atoms with Crippen LogP contribution >= 0.6 is 11.6 Å². The van der Waals surface area contributed by atoms with Gasteiger partial charge in [0.15, 0.2) is 0 Å². The van der Waals surface area contributed by atoms with E-state index in [4.69, 9.17) is 11.6 Å². The third kappa shape index (κ3) is 4.81. The summed E-state index contributed by atoms with van der Waals surface area (Å²) in [7, 11) is 1.31. The average Bonchev–Trinajstić information content (AvgIpc) is 2.59. The number of nitrogens with one attached hydrogen (secondary N) is 2. The molecule has 0 saturated carbocycles. The van der Waals surface area contributed by atoms with E-state index in [1.165, 1.54) is 7.11 Å². The Morgan fingerprint density at radius 2 is 1.92 bits per heavy atom. The molecule has 0 saturated heterocycles. The molecule has 0 bridgehead atoms. The zero-order valence-corrected chi connectivity index (χ0v) is 14.3. The third-order valence-corrected chi connectivity index (χ3v) is 3.85. The van der Waals surface area contributed by atoms with Crippen LogP contribution in [-0.2, 0) is 9.53 Å². The van der Waals surface area contributed by atoms with Gasteiger partial charge in [-0.05, 0) is 36.8 Å². The number of carbonyl (C=O) groups excluding carboxylic acids is 2. The van der Waals surface area contributed by atoms with Gasteiger partial charge in [-0.3, -0.25) is 4.79 Å². The number of carbonyl (C=O) groups is 2. The van der Waals surface area contributed by atoms with Gasteiger partial charge >= 0.3 is 5.97 Å². The first kappa shape index (κ1) is 18.0. The molecule has 126 valence electrons. The lowest BCUT2D eigenvalue weighted by Gasteiger charge is -2.15. The summed E-state index contributed by atoms with van der Waals surface area (Å²) in [5, 5.41) is 6.52. The summed E-state index contributed by atoms with van der Waals surface area (Å²) >= 11 is 6.14. The molecule has 0 aliphatic carbocycles. The fraction of sp³-hybridized carbons (Fsp3) is 0.222. The first-order valence-electron chi connectivity index (χ1n) is 7.47. The Morgan fingerprint density at radius 1 is 1.17 bits per heavy atom. The zero-order valence-electron chi connectivity index (χ0n) is 13.5. The maximum absolute atomic E-state index is 12.1. The van der Waals surface area contributed by atoms with Crippen LogP contribution < -0.4 is 10.6 Å². The number of hydrogen-bond acceptors (Lipinski definition) is 4. The van der Waals surface area contributed by atoms with E-state index in [1.54, 1.807) is 24.3 Å². The Bertz CT molecular complexity index is 734. The minimum absolute atomic E-state index is 0.0640. The molecule has 24 heavy (non-hydrogen) atoms. The number of esters is 1. The lowest BCUT2D eigenvalue weighted by molar-refractivity contribution is -0.115. The Kier molecular flexibility index (Phi) is 6.35. The van der Waals surface area contributed by atoms with Gasteiger partial charge in [-0.2, -0.15) is 0 Å². The molecular formula is C18H19ClN2O3. The van der Waals surface area contributed by atoms with Gasteiger partial charge in [-0.25, -0.2) is 4.79 Å². The monoisotopic (exact) mass is 346 g/mol. The highest BCUT2D eigenvalue weighted by Gasteiger charge is 2.11. The van der Waals surface area contributed by atoms with E-state index in [1.807, 2.05) is 31.2 Å². The van der Waals surface area contributed by atoms with Gasteiger partial charge in [0, 0.05) is 16.8 Å². The van der Waals surface area contributed by atoms with Crippen LogP contribution in [0.1, 0.15) is 28.9 Å². The van der Waals surface area contributed by atoms with Crippen molar-refractivity contribution in [3.05, 3.63) is 64.7 Å². The number of amides is 1. The first-order chi connectivity index (χ1) is 11.5. The summed E-state index contributed by atoms with van der Waals surface area (Å²) in [5.74, 6) is -0.660. The van der Waals surface area contributed by atoms with Crippen LogP contribution in [0.15, 0.2) is 48.5 Å². The number of hydrogen-bond donors (Lipinski definition) is 2. The smallest absolute Gasteiger partial charge is 0.337 e. The zero-order chi connectivity index (χ0) is 17.5. The second-order valence-corrected chi connectivity index (χ2v) is 5.65. The topological polar surface area (TPSA) is 67.4 Å². The van der Waals surface area contributed by atoms with E-state index >= 15 is 0 Å². The third-order valence-electron chi connectivity index (χ3n) is 3.51. The van der Waals surface area contributed by atoms with Crippen LogP contribution in [0.25, 0.3) is 0 Å². The largest absolute Gasteiger partial charge is 0.465 e. The lowest BCUT2D eigenvalue weighted by atomic mass is 10.1. The van der Waals surface area contributed by atoms with Crippen LogP contribution in [0.5, 0.6) is 0 Å². The molecule has 0 fully saturated rings. The Labute approximate surface area is 146 Å². The summed E-state index contributed by atoms with van der Waals surface area (Å²) in [5.41, 5.74) is 1.85. The molecule has 2 rings (SSSR count). The van der Waals surface area contributed by atoms with Crippen LogP contribution in [0.2, 0.25) is 5.02 Å². The van der Waals surface area contributed by atoms with Crippen molar-refractivity contribution in [2.75, 3.05) is 19.0 Å². The molecule has 2 N–H and O–H groups in total. The molecule has 0 heterocycles. The number of rotatable bonds is 6. The van der Waals surface area contributed by atoms with Crippen molar-refractivity contribution in [1.29, 1.82) is 0 Å². The fourth-order valence-corrected chi connectivity index (χ4v) is 2.53. The average molecular weight is 347 g/mol. The molecule has 2 aromatic rings. The standard InChI is InChI=1S/C18H19ClN2O3/c1-12(15-8-3-4-9-16(15)19)20-11-17(22)21-14-7-5-6-13(10-14)18(23)24-2/h3-10,12,20H,11H2,1-2H3,(H,21,22). The summed E-state index contributed by atoms with van der Waals surface area (Å²) < 4.78 is 4.66.